The van der Waals surface area contributed by atoms with Crippen LogP contribution in [0.2, 0.25) is 10.0 Å². The lowest BCUT2D eigenvalue weighted by atomic mass is 10.2. The number of sulfonamides is 1. The highest BCUT2D eigenvalue weighted by molar-refractivity contribution is 7.98. The molecule has 1 heterocycles. The van der Waals surface area contributed by atoms with Crippen molar-refractivity contribution in [3.63, 3.8) is 0 Å². The minimum atomic E-state index is -4.07. The average Bonchev–Trinajstić information content (AvgIpc) is 3.29. The second-order valence-electron chi connectivity index (χ2n) is 7.64. The summed E-state index contributed by atoms with van der Waals surface area (Å²) in [7, 11) is -4.07. The molecule has 0 amide bonds. The number of non-ortho nitro benzene ring substituents is 1. The zero-order chi connectivity index (χ0) is 25.9. The van der Waals surface area contributed by atoms with E-state index in [1.54, 1.807) is 23.6 Å². The maximum Gasteiger partial charge on any atom is 0.269 e. The highest BCUT2D eigenvalue weighted by Gasteiger charge is 2.26. The molecule has 1 atom stereocenters. The molecule has 4 aromatic rings. The lowest BCUT2D eigenvalue weighted by Gasteiger charge is -2.17. The second kappa shape index (κ2) is 11.0. The monoisotopic (exact) mass is 563 g/mol. The Morgan fingerprint density at radius 3 is 2.42 bits per heavy atom. The highest BCUT2D eigenvalue weighted by atomic mass is 35.5. The Labute approximate surface area is 221 Å². The van der Waals surface area contributed by atoms with E-state index in [0.29, 0.717) is 22.4 Å². The second-order valence-corrected chi connectivity index (χ2v) is 11.1. The van der Waals surface area contributed by atoms with Crippen LogP contribution in [0, 0.1) is 10.1 Å². The number of aromatic nitrogens is 3. The molecule has 9 nitrogen and oxygen atoms in total. The van der Waals surface area contributed by atoms with Gasteiger partial charge < -0.3 is 0 Å². The van der Waals surface area contributed by atoms with Crippen LogP contribution in [0.1, 0.15) is 24.4 Å². The number of hydrogen-bond acceptors (Lipinski definition) is 7. The van der Waals surface area contributed by atoms with Gasteiger partial charge in [-0.05, 0) is 42.8 Å². The molecule has 0 radical (unpaired) electrons. The number of nitro groups is 1. The molecule has 186 valence electrons. The van der Waals surface area contributed by atoms with Gasteiger partial charge in [0.25, 0.3) is 5.69 Å². The van der Waals surface area contributed by atoms with Crippen molar-refractivity contribution in [2.24, 2.45) is 0 Å². The number of nitrogens with zero attached hydrogens (tertiary/aromatic N) is 4. The van der Waals surface area contributed by atoms with Crippen LogP contribution < -0.4 is 4.72 Å². The Kier molecular flexibility index (Phi) is 7.96. The van der Waals surface area contributed by atoms with E-state index in [2.05, 4.69) is 14.9 Å². The fourth-order valence-corrected chi connectivity index (χ4v) is 6.25. The minimum Gasteiger partial charge on any atom is -0.273 e. The third-order valence-electron chi connectivity index (χ3n) is 5.09. The maximum atomic E-state index is 13.1. The van der Waals surface area contributed by atoms with Crippen molar-refractivity contribution < 1.29 is 13.3 Å². The molecule has 1 aromatic heterocycles. The van der Waals surface area contributed by atoms with Crippen LogP contribution in [0.3, 0.4) is 0 Å². The number of nitrogens with one attached hydrogen (secondary N) is 1. The Hall–Kier alpha value is -2.96. The number of nitro benzene ring substituents is 1. The van der Waals surface area contributed by atoms with Gasteiger partial charge in [-0.3, -0.25) is 14.7 Å². The summed E-state index contributed by atoms with van der Waals surface area (Å²) in [6.45, 7) is 1.62. The first-order valence-corrected chi connectivity index (χ1v) is 13.7. The zero-order valence-corrected chi connectivity index (χ0v) is 21.9. The number of hydrogen-bond donors (Lipinski definition) is 1. The van der Waals surface area contributed by atoms with E-state index in [-0.39, 0.29) is 20.6 Å². The predicted molar refractivity (Wildman–Crippen MR) is 139 cm³/mol. The van der Waals surface area contributed by atoms with Crippen molar-refractivity contribution in [2.75, 3.05) is 0 Å². The fourth-order valence-electron chi connectivity index (χ4n) is 3.38. The van der Waals surface area contributed by atoms with Crippen LogP contribution in [-0.2, 0) is 15.8 Å². The van der Waals surface area contributed by atoms with Crippen LogP contribution in [0.4, 0.5) is 5.69 Å². The first-order chi connectivity index (χ1) is 17.2. The van der Waals surface area contributed by atoms with Crippen molar-refractivity contribution >= 4 is 50.7 Å². The molecule has 0 aliphatic rings. The number of thioether (sulfide) groups is 1. The predicted octanol–water partition coefficient (Wildman–Crippen LogP) is 5.81. The summed E-state index contributed by atoms with van der Waals surface area (Å²) in [6.07, 6.45) is 0. The van der Waals surface area contributed by atoms with E-state index in [9.17, 15) is 18.5 Å². The molecule has 0 aliphatic heterocycles. The smallest absolute Gasteiger partial charge is 0.269 e. The van der Waals surface area contributed by atoms with Gasteiger partial charge in [0.05, 0.1) is 16.0 Å². The van der Waals surface area contributed by atoms with E-state index < -0.39 is 21.0 Å². The van der Waals surface area contributed by atoms with Gasteiger partial charge >= 0.3 is 0 Å². The van der Waals surface area contributed by atoms with Crippen LogP contribution >= 0.6 is 35.0 Å². The van der Waals surface area contributed by atoms with Crippen LogP contribution in [0.5, 0.6) is 0 Å². The largest absolute Gasteiger partial charge is 0.273 e. The molecule has 0 saturated carbocycles. The number of halogens is 2. The number of benzene rings is 3. The standard InChI is InChI=1S/C23H19Cl2N5O4S2/c1-15(28-36(33,34)21-13-17(24)7-12-20(21)25)22-26-27-23(35-14-16-5-3-2-4-6-16)29(22)18-8-10-19(11-9-18)30(31)32/h2-13,15,28H,14H2,1H3. The third kappa shape index (κ3) is 5.88. The van der Waals surface area contributed by atoms with Crippen molar-refractivity contribution in [2.45, 2.75) is 28.8 Å². The molecule has 1 N–H and O–H groups in total. The van der Waals surface area contributed by atoms with E-state index in [4.69, 9.17) is 23.2 Å². The maximum absolute atomic E-state index is 13.1. The molecular formula is C23H19Cl2N5O4S2. The summed E-state index contributed by atoms with van der Waals surface area (Å²) in [5.41, 5.74) is 1.53. The summed E-state index contributed by atoms with van der Waals surface area (Å²) in [5, 5.41) is 20.4. The lowest BCUT2D eigenvalue weighted by Crippen LogP contribution is -2.29. The van der Waals surface area contributed by atoms with Gasteiger partial charge in [-0.15, -0.1) is 10.2 Å². The van der Waals surface area contributed by atoms with Crippen molar-refractivity contribution in [1.29, 1.82) is 0 Å². The third-order valence-corrected chi connectivity index (χ3v) is 8.35. The molecule has 3 aromatic carbocycles. The number of rotatable bonds is 9. The molecule has 13 heteroatoms. The summed E-state index contributed by atoms with van der Waals surface area (Å²) < 4.78 is 30.4. The molecule has 0 saturated heterocycles. The molecule has 0 spiro atoms. The summed E-state index contributed by atoms with van der Waals surface area (Å²) in [5.74, 6) is 0.880. The lowest BCUT2D eigenvalue weighted by molar-refractivity contribution is -0.384. The average molecular weight is 564 g/mol. The van der Waals surface area contributed by atoms with Gasteiger partial charge in [0, 0.05) is 28.6 Å². The van der Waals surface area contributed by atoms with E-state index in [0.717, 1.165) is 5.56 Å². The first kappa shape index (κ1) is 26.1. The van der Waals surface area contributed by atoms with Crippen molar-refractivity contribution in [3.05, 3.63) is 104 Å². The Balaban J connectivity index is 1.70. The minimum absolute atomic E-state index is 0.0232. The van der Waals surface area contributed by atoms with Crippen LogP contribution in [0.25, 0.3) is 5.69 Å². The molecule has 4 rings (SSSR count). The highest BCUT2D eigenvalue weighted by Crippen LogP contribution is 2.30. The van der Waals surface area contributed by atoms with Crippen molar-refractivity contribution in [1.82, 2.24) is 19.5 Å². The van der Waals surface area contributed by atoms with Gasteiger partial charge in [0.15, 0.2) is 11.0 Å². The van der Waals surface area contributed by atoms with E-state index >= 15 is 0 Å². The van der Waals surface area contributed by atoms with Crippen LogP contribution in [0.15, 0.2) is 82.8 Å². The van der Waals surface area contributed by atoms with Gasteiger partial charge in [0.2, 0.25) is 10.0 Å². The normalized spacial score (nSPS) is 12.4. The first-order valence-electron chi connectivity index (χ1n) is 10.5. The zero-order valence-electron chi connectivity index (χ0n) is 18.7. The molecule has 0 aliphatic carbocycles. The topological polar surface area (TPSA) is 120 Å². The Morgan fingerprint density at radius 1 is 1.06 bits per heavy atom. The van der Waals surface area contributed by atoms with Gasteiger partial charge in [-0.25, -0.2) is 13.1 Å². The van der Waals surface area contributed by atoms with Gasteiger partial charge in [-0.1, -0.05) is 65.3 Å². The quantitative estimate of drug-likeness (QED) is 0.155. The van der Waals surface area contributed by atoms with Gasteiger partial charge in [0.1, 0.15) is 4.90 Å². The fraction of sp³-hybridized carbons (Fsp3) is 0.130. The van der Waals surface area contributed by atoms with E-state index in [1.165, 1.54) is 42.1 Å². The summed E-state index contributed by atoms with van der Waals surface area (Å²) in [6, 6.07) is 18.9. The molecule has 0 fully saturated rings. The van der Waals surface area contributed by atoms with Gasteiger partial charge in [-0.2, -0.15) is 0 Å². The summed E-state index contributed by atoms with van der Waals surface area (Å²) >= 11 is 13.5. The molecular weight excluding hydrogens is 545 g/mol. The SMILES string of the molecule is CC(NS(=O)(=O)c1cc(Cl)ccc1Cl)c1nnc(SCc2ccccc2)n1-c1ccc([N+](=O)[O-])cc1. The van der Waals surface area contributed by atoms with E-state index in [1.807, 2.05) is 30.3 Å². The van der Waals surface area contributed by atoms with Crippen LogP contribution in [-0.4, -0.2) is 28.1 Å². The Bertz CT molecular complexity index is 1500. The van der Waals surface area contributed by atoms with Crippen molar-refractivity contribution in [3.8, 4) is 5.69 Å². The molecule has 36 heavy (non-hydrogen) atoms. The summed E-state index contributed by atoms with van der Waals surface area (Å²) in [4.78, 5) is 10.5. The Morgan fingerprint density at radius 2 is 1.75 bits per heavy atom. The molecule has 1 unspecified atom stereocenters. The molecule has 0 bridgehead atoms.